The van der Waals surface area contributed by atoms with Crippen LogP contribution in [0.25, 0.3) is 5.82 Å². The Labute approximate surface area is 159 Å². The highest BCUT2D eigenvalue weighted by atomic mass is 35.5. The van der Waals surface area contributed by atoms with Crippen LogP contribution in [0, 0.1) is 24.0 Å². The zero-order valence-corrected chi connectivity index (χ0v) is 15.3. The van der Waals surface area contributed by atoms with Crippen LogP contribution in [0.2, 0.25) is 5.02 Å². The number of carbonyl (C=O) groups is 1. The topological polar surface area (TPSA) is 100 Å². The van der Waals surface area contributed by atoms with Crippen LogP contribution in [-0.4, -0.2) is 25.7 Å². The fourth-order valence-corrected chi connectivity index (χ4v) is 2.76. The van der Waals surface area contributed by atoms with Crippen LogP contribution in [0.1, 0.15) is 27.4 Å². The fraction of sp³-hybridized carbons (Fsp3) is 0.167. The first kappa shape index (κ1) is 18.5. The van der Waals surface area contributed by atoms with Crippen LogP contribution in [0.3, 0.4) is 0 Å². The van der Waals surface area contributed by atoms with Crippen molar-refractivity contribution in [3.05, 3.63) is 80.2 Å². The van der Waals surface area contributed by atoms with Crippen LogP contribution < -0.4 is 0 Å². The number of nitro groups is 1. The van der Waals surface area contributed by atoms with Gasteiger partial charge in [-0.3, -0.25) is 10.1 Å². The van der Waals surface area contributed by atoms with Gasteiger partial charge in [-0.2, -0.15) is 5.10 Å². The van der Waals surface area contributed by atoms with E-state index in [2.05, 4.69) is 10.1 Å². The second-order valence-electron chi connectivity index (χ2n) is 5.80. The number of carbonyl (C=O) groups excluding carboxylic acids is 1. The molecule has 2 heterocycles. The molecule has 0 aliphatic heterocycles. The molecule has 0 unspecified atom stereocenters. The van der Waals surface area contributed by atoms with Crippen molar-refractivity contribution in [1.82, 2.24) is 14.8 Å². The summed E-state index contributed by atoms with van der Waals surface area (Å²) in [4.78, 5) is 27.2. The summed E-state index contributed by atoms with van der Waals surface area (Å²) in [6.45, 7) is 3.45. The van der Waals surface area contributed by atoms with Gasteiger partial charge >= 0.3 is 5.97 Å². The minimum Gasteiger partial charge on any atom is -0.456 e. The molecule has 0 fully saturated rings. The lowest BCUT2D eigenvalue weighted by atomic mass is 10.2. The van der Waals surface area contributed by atoms with Gasteiger partial charge < -0.3 is 4.74 Å². The van der Waals surface area contributed by atoms with Gasteiger partial charge in [0.1, 0.15) is 6.61 Å². The summed E-state index contributed by atoms with van der Waals surface area (Å²) in [7, 11) is 0. The van der Waals surface area contributed by atoms with Gasteiger partial charge in [-0.25, -0.2) is 14.5 Å². The SMILES string of the molecule is Cc1cc(C)n(-c2ccc(Cl)c(C(=O)OCc3ccccc3[N+](=O)[O-])n2)n1. The van der Waals surface area contributed by atoms with Gasteiger partial charge in [-0.1, -0.05) is 23.7 Å². The molecule has 0 saturated heterocycles. The molecule has 8 nitrogen and oxygen atoms in total. The maximum Gasteiger partial charge on any atom is 0.358 e. The lowest BCUT2D eigenvalue weighted by molar-refractivity contribution is -0.385. The number of para-hydroxylation sites is 1. The second-order valence-corrected chi connectivity index (χ2v) is 6.21. The minimum absolute atomic E-state index is 0.0831. The summed E-state index contributed by atoms with van der Waals surface area (Å²) in [5.41, 5.74) is 1.73. The first-order valence-electron chi connectivity index (χ1n) is 7.96. The molecule has 138 valence electrons. The van der Waals surface area contributed by atoms with E-state index in [9.17, 15) is 14.9 Å². The number of hydrogen-bond donors (Lipinski definition) is 0. The average molecular weight is 387 g/mol. The molecule has 0 atom stereocenters. The summed E-state index contributed by atoms with van der Waals surface area (Å²) < 4.78 is 6.78. The Morgan fingerprint density at radius 3 is 2.67 bits per heavy atom. The minimum atomic E-state index is -0.776. The number of ether oxygens (including phenoxy) is 1. The van der Waals surface area contributed by atoms with Gasteiger partial charge in [-0.15, -0.1) is 0 Å². The van der Waals surface area contributed by atoms with Crippen molar-refractivity contribution in [2.24, 2.45) is 0 Å². The predicted molar refractivity (Wildman–Crippen MR) is 98.1 cm³/mol. The average Bonchev–Trinajstić information content (AvgIpc) is 2.98. The summed E-state index contributed by atoms with van der Waals surface area (Å²) in [5, 5.41) is 15.5. The van der Waals surface area contributed by atoms with Crippen molar-refractivity contribution < 1.29 is 14.5 Å². The molecule has 3 aromatic rings. The van der Waals surface area contributed by atoms with E-state index >= 15 is 0 Å². The molecule has 0 aliphatic carbocycles. The third-order valence-corrected chi connectivity index (χ3v) is 4.10. The zero-order valence-electron chi connectivity index (χ0n) is 14.5. The van der Waals surface area contributed by atoms with Gasteiger partial charge in [-0.05, 0) is 38.1 Å². The third-order valence-electron chi connectivity index (χ3n) is 3.80. The predicted octanol–water partition coefficient (Wildman–Crippen LogP) is 3.80. The first-order valence-corrected chi connectivity index (χ1v) is 8.34. The van der Waals surface area contributed by atoms with Crippen LogP contribution in [0.15, 0.2) is 42.5 Å². The second kappa shape index (κ2) is 7.55. The molecule has 1 aromatic carbocycles. The monoisotopic (exact) mass is 386 g/mol. The molecule has 0 aliphatic rings. The van der Waals surface area contributed by atoms with E-state index in [1.807, 2.05) is 19.9 Å². The van der Waals surface area contributed by atoms with Crippen molar-refractivity contribution in [2.45, 2.75) is 20.5 Å². The number of aromatic nitrogens is 3. The molecule has 0 spiro atoms. The highest BCUT2D eigenvalue weighted by molar-refractivity contribution is 6.33. The molecular weight excluding hydrogens is 372 g/mol. The lowest BCUT2D eigenvalue weighted by Gasteiger charge is -2.09. The van der Waals surface area contributed by atoms with E-state index in [1.165, 1.54) is 18.2 Å². The molecule has 9 heteroatoms. The van der Waals surface area contributed by atoms with E-state index in [0.29, 0.717) is 5.82 Å². The molecule has 0 radical (unpaired) electrons. The van der Waals surface area contributed by atoms with Crippen LogP contribution in [0.4, 0.5) is 5.69 Å². The van der Waals surface area contributed by atoms with E-state index in [1.54, 1.807) is 22.9 Å². The Balaban J connectivity index is 1.84. The van der Waals surface area contributed by atoms with Crippen molar-refractivity contribution in [2.75, 3.05) is 0 Å². The number of rotatable bonds is 5. The number of halogens is 1. The number of hydrogen-bond acceptors (Lipinski definition) is 6. The third kappa shape index (κ3) is 3.95. The number of aryl methyl sites for hydroxylation is 2. The summed E-state index contributed by atoms with van der Waals surface area (Å²) in [6, 6.07) is 11.1. The Hall–Kier alpha value is -3.26. The van der Waals surface area contributed by atoms with E-state index in [4.69, 9.17) is 16.3 Å². The number of benzene rings is 1. The summed E-state index contributed by atoms with van der Waals surface area (Å²) in [5.74, 6) is -0.357. The molecular formula is C18H15ClN4O4. The molecule has 2 aromatic heterocycles. The molecule has 3 rings (SSSR count). The smallest absolute Gasteiger partial charge is 0.358 e. The fourth-order valence-electron chi connectivity index (χ4n) is 2.58. The quantitative estimate of drug-likeness (QED) is 0.375. The Bertz CT molecular complexity index is 1030. The maximum absolute atomic E-state index is 12.4. The van der Waals surface area contributed by atoms with Gasteiger partial charge in [0, 0.05) is 11.8 Å². The first-order chi connectivity index (χ1) is 12.9. The van der Waals surface area contributed by atoms with Crippen LogP contribution >= 0.6 is 11.6 Å². The van der Waals surface area contributed by atoms with E-state index < -0.39 is 10.9 Å². The van der Waals surface area contributed by atoms with E-state index in [0.717, 1.165) is 11.4 Å². The zero-order chi connectivity index (χ0) is 19.6. The number of pyridine rings is 1. The Kier molecular flexibility index (Phi) is 5.18. The largest absolute Gasteiger partial charge is 0.456 e. The highest BCUT2D eigenvalue weighted by Gasteiger charge is 2.19. The van der Waals surface area contributed by atoms with Gasteiger partial charge in [0.25, 0.3) is 5.69 Å². The Morgan fingerprint density at radius 1 is 1.26 bits per heavy atom. The lowest BCUT2D eigenvalue weighted by Crippen LogP contribution is -2.12. The van der Waals surface area contributed by atoms with Crippen LogP contribution in [-0.2, 0) is 11.3 Å². The van der Waals surface area contributed by atoms with Crippen molar-refractivity contribution >= 4 is 23.3 Å². The van der Waals surface area contributed by atoms with Crippen molar-refractivity contribution in [3.63, 3.8) is 0 Å². The summed E-state index contributed by atoms with van der Waals surface area (Å²) >= 11 is 6.09. The van der Waals surface area contributed by atoms with Crippen LogP contribution in [0.5, 0.6) is 0 Å². The number of esters is 1. The van der Waals surface area contributed by atoms with Gasteiger partial charge in [0.05, 0.1) is 21.2 Å². The highest BCUT2D eigenvalue weighted by Crippen LogP contribution is 2.21. The molecule has 0 amide bonds. The molecule has 0 N–H and O–H groups in total. The van der Waals surface area contributed by atoms with Crippen molar-refractivity contribution in [3.8, 4) is 5.82 Å². The molecule has 27 heavy (non-hydrogen) atoms. The standard InChI is InChI=1S/C18H15ClN4O4/c1-11-9-12(2)22(21-11)16-8-7-14(19)17(20-16)18(24)27-10-13-5-3-4-6-15(13)23(25)26/h3-9H,10H2,1-2H3. The van der Waals surface area contributed by atoms with Gasteiger partial charge in [0.2, 0.25) is 0 Å². The number of nitro benzene ring substituents is 1. The molecule has 0 bridgehead atoms. The van der Waals surface area contributed by atoms with Crippen molar-refractivity contribution in [1.29, 1.82) is 0 Å². The molecule has 0 saturated carbocycles. The summed E-state index contributed by atoms with van der Waals surface area (Å²) in [6.07, 6.45) is 0. The normalized spacial score (nSPS) is 10.6. The van der Waals surface area contributed by atoms with Gasteiger partial charge in [0.15, 0.2) is 11.5 Å². The van der Waals surface area contributed by atoms with E-state index in [-0.39, 0.29) is 28.6 Å². The Morgan fingerprint density at radius 2 is 2.00 bits per heavy atom. The number of nitrogens with zero attached hydrogens (tertiary/aromatic N) is 4. The maximum atomic E-state index is 12.4.